The van der Waals surface area contributed by atoms with Crippen molar-refractivity contribution >= 4 is 23.3 Å². The number of nitrogens with zero attached hydrogens (tertiary/aromatic N) is 4. The molecule has 32 heavy (non-hydrogen) atoms. The number of carbonyl (C=O) groups excluding carboxylic acids is 1. The molecule has 2 fully saturated rings. The van der Waals surface area contributed by atoms with E-state index in [0.29, 0.717) is 74.2 Å². The van der Waals surface area contributed by atoms with Crippen molar-refractivity contribution in [2.45, 2.75) is 20.2 Å². The molecule has 170 valence electrons. The molecule has 3 aliphatic rings. The Labute approximate surface area is 191 Å². The number of aromatic nitrogens is 2. The largest absolute Gasteiger partial charge is 0.477 e. The number of pyridine rings is 2. The van der Waals surface area contributed by atoms with Crippen LogP contribution in [0, 0.1) is 12.3 Å². The van der Waals surface area contributed by atoms with Crippen molar-refractivity contribution in [3.8, 4) is 11.6 Å². The standard InChI is InChI=1S/C22H26ClN5O4/c1-14-9-15(10-24-19(14)31-13-22(2)11-30-12-22)20(29)27-5-7-28(8-6-27)21-26-18-16(32-21)3-4-17(23)25-18/h3-4,9-10,21H,5-8,11-13H2,1-2H3,(H,25,26). The lowest BCUT2D eigenvalue weighted by Crippen LogP contribution is -2.54. The van der Waals surface area contributed by atoms with Gasteiger partial charge in [0.05, 0.1) is 25.4 Å². The van der Waals surface area contributed by atoms with Crippen LogP contribution in [0.25, 0.3) is 0 Å². The first-order valence-corrected chi connectivity index (χ1v) is 11.1. The van der Waals surface area contributed by atoms with Crippen LogP contribution in [0.3, 0.4) is 0 Å². The summed E-state index contributed by atoms with van der Waals surface area (Å²) >= 11 is 5.95. The van der Waals surface area contributed by atoms with Gasteiger partial charge in [-0.25, -0.2) is 14.9 Å². The fraction of sp³-hybridized carbons (Fsp3) is 0.500. The zero-order chi connectivity index (χ0) is 22.3. The van der Waals surface area contributed by atoms with Crippen molar-refractivity contribution in [2.24, 2.45) is 5.41 Å². The van der Waals surface area contributed by atoms with Crippen LogP contribution in [-0.4, -0.2) is 78.0 Å². The Kier molecular flexibility index (Phi) is 5.56. The minimum absolute atomic E-state index is 0.0248. The second kappa shape index (κ2) is 8.38. The van der Waals surface area contributed by atoms with E-state index in [0.717, 1.165) is 5.56 Å². The average Bonchev–Trinajstić information content (AvgIpc) is 3.20. The van der Waals surface area contributed by atoms with E-state index >= 15 is 0 Å². The molecule has 5 heterocycles. The summed E-state index contributed by atoms with van der Waals surface area (Å²) < 4.78 is 17.1. The molecule has 0 radical (unpaired) electrons. The number of carbonyl (C=O) groups is 1. The highest BCUT2D eigenvalue weighted by Gasteiger charge is 2.35. The lowest BCUT2D eigenvalue weighted by molar-refractivity contribution is -0.120. The molecule has 0 aliphatic carbocycles. The normalized spacial score (nSPS) is 21.8. The van der Waals surface area contributed by atoms with E-state index in [-0.39, 0.29) is 17.7 Å². The van der Waals surface area contributed by atoms with Crippen molar-refractivity contribution in [1.82, 2.24) is 19.8 Å². The van der Waals surface area contributed by atoms with Gasteiger partial charge in [0.1, 0.15) is 5.15 Å². The number of piperazine rings is 1. The highest BCUT2D eigenvalue weighted by Crippen LogP contribution is 2.32. The summed E-state index contributed by atoms with van der Waals surface area (Å²) in [5.41, 5.74) is 1.47. The first kappa shape index (κ1) is 21.2. The summed E-state index contributed by atoms with van der Waals surface area (Å²) in [4.78, 5) is 25.6. The van der Waals surface area contributed by atoms with Gasteiger partial charge in [-0.2, -0.15) is 0 Å². The molecule has 1 atom stereocenters. The van der Waals surface area contributed by atoms with Gasteiger partial charge in [-0.1, -0.05) is 18.5 Å². The van der Waals surface area contributed by atoms with Gasteiger partial charge in [0.25, 0.3) is 5.91 Å². The number of anilines is 1. The molecule has 1 amide bonds. The first-order valence-electron chi connectivity index (χ1n) is 10.7. The minimum Gasteiger partial charge on any atom is -0.477 e. The lowest BCUT2D eigenvalue weighted by atomic mass is 9.90. The van der Waals surface area contributed by atoms with E-state index in [1.807, 2.05) is 17.9 Å². The second-order valence-electron chi connectivity index (χ2n) is 8.86. The molecule has 2 aromatic rings. The molecule has 0 bridgehead atoms. The summed E-state index contributed by atoms with van der Waals surface area (Å²) in [6.45, 7) is 8.55. The fourth-order valence-corrected chi connectivity index (χ4v) is 4.15. The number of hydrogen-bond donors (Lipinski definition) is 1. The zero-order valence-electron chi connectivity index (χ0n) is 18.1. The first-order chi connectivity index (χ1) is 15.4. The molecule has 0 saturated carbocycles. The third kappa shape index (κ3) is 4.20. The van der Waals surface area contributed by atoms with Crippen molar-refractivity contribution < 1.29 is 19.0 Å². The molecular formula is C22H26ClN5O4. The summed E-state index contributed by atoms with van der Waals surface area (Å²) in [5.74, 6) is 1.87. The van der Waals surface area contributed by atoms with Gasteiger partial charge >= 0.3 is 0 Å². The van der Waals surface area contributed by atoms with E-state index in [1.54, 1.807) is 18.3 Å². The third-order valence-corrected chi connectivity index (χ3v) is 6.20. The topological polar surface area (TPSA) is 89.1 Å². The maximum Gasteiger partial charge on any atom is 0.255 e. The van der Waals surface area contributed by atoms with Gasteiger partial charge in [0.15, 0.2) is 11.6 Å². The van der Waals surface area contributed by atoms with Crippen LogP contribution in [-0.2, 0) is 4.74 Å². The summed E-state index contributed by atoms with van der Waals surface area (Å²) in [7, 11) is 0. The maximum absolute atomic E-state index is 13.0. The Bertz CT molecular complexity index is 1020. The van der Waals surface area contributed by atoms with E-state index < -0.39 is 0 Å². The summed E-state index contributed by atoms with van der Waals surface area (Å²) in [5, 5.41) is 3.66. The second-order valence-corrected chi connectivity index (χ2v) is 9.25. The van der Waals surface area contributed by atoms with Gasteiger partial charge in [-0.3, -0.25) is 4.79 Å². The number of hydrogen-bond acceptors (Lipinski definition) is 8. The van der Waals surface area contributed by atoms with Gasteiger partial charge < -0.3 is 24.4 Å². The third-order valence-electron chi connectivity index (χ3n) is 5.99. The van der Waals surface area contributed by atoms with Crippen molar-refractivity contribution in [3.05, 3.63) is 40.7 Å². The van der Waals surface area contributed by atoms with Crippen molar-refractivity contribution in [2.75, 3.05) is 51.3 Å². The quantitative estimate of drug-likeness (QED) is 0.682. The van der Waals surface area contributed by atoms with E-state index in [2.05, 4.69) is 27.1 Å². The number of fused-ring (bicyclic) bond motifs is 1. The van der Waals surface area contributed by atoms with Crippen LogP contribution in [0.15, 0.2) is 24.4 Å². The van der Waals surface area contributed by atoms with Crippen molar-refractivity contribution in [3.63, 3.8) is 0 Å². The Balaban J connectivity index is 1.15. The van der Waals surface area contributed by atoms with Gasteiger partial charge in [-0.05, 0) is 25.1 Å². The molecule has 3 aliphatic heterocycles. The molecule has 2 aromatic heterocycles. The number of ether oxygens (including phenoxy) is 3. The average molecular weight is 460 g/mol. The molecule has 1 N–H and O–H groups in total. The highest BCUT2D eigenvalue weighted by molar-refractivity contribution is 6.29. The molecule has 0 spiro atoms. The number of amides is 1. The maximum atomic E-state index is 13.0. The van der Waals surface area contributed by atoms with Crippen LogP contribution in [0.5, 0.6) is 11.6 Å². The molecular weight excluding hydrogens is 434 g/mol. The zero-order valence-corrected chi connectivity index (χ0v) is 18.9. The molecule has 10 heteroatoms. The summed E-state index contributed by atoms with van der Waals surface area (Å²) in [6, 6.07) is 5.36. The SMILES string of the molecule is Cc1cc(C(=O)N2CCN(C3Nc4nc(Cl)ccc4O3)CC2)cnc1OCC1(C)COC1. The van der Waals surface area contributed by atoms with Gasteiger partial charge in [0.2, 0.25) is 12.2 Å². The minimum atomic E-state index is -0.309. The number of rotatable bonds is 5. The van der Waals surface area contributed by atoms with Crippen LogP contribution < -0.4 is 14.8 Å². The molecule has 5 rings (SSSR count). The van der Waals surface area contributed by atoms with Crippen LogP contribution in [0.2, 0.25) is 5.15 Å². The van der Waals surface area contributed by atoms with Crippen molar-refractivity contribution in [1.29, 1.82) is 0 Å². The van der Waals surface area contributed by atoms with Crippen LogP contribution >= 0.6 is 11.6 Å². The number of nitrogens with one attached hydrogen (secondary N) is 1. The molecule has 0 aromatic carbocycles. The van der Waals surface area contributed by atoms with E-state index in [1.165, 1.54) is 0 Å². The smallest absolute Gasteiger partial charge is 0.255 e. The molecule has 1 unspecified atom stereocenters. The Morgan fingerprint density at radius 2 is 2.09 bits per heavy atom. The van der Waals surface area contributed by atoms with Gasteiger partial charge in [-0.15, -0.1) is 0 Å². The Hall–Kier alpha value is -2.62. The monoisotopic (exact) mass is 459 g/mol. The van der Waals surface area contributed by atoms with Crippen LogP contribution in [0.4, 0.5) is 5.82 Å². The van der Waals surface area contributed by atoms with E-state index in [4.69, 9.17) is 25.8 Å². The lowest BCUT2D eigenvalue weighted by Gasteiger charge is -2.37. The number of halogens is 1. The highest BCUT2D eigenvalue weighted by atomic mass is 35.5. The molecule has 2 saturated heterocycles. The van der Waals surface area contributed by atoms with E-state index in [9.17, 15) is 4.79 Å². The Morgan fingerprint density at radius 1 is 1.31 bits per heavy atom. The predicted octanol–water partition coefficient (Wildman–Crippen LogP) is 2.40. The predicted molar refractivity (Wildman–Crippen MR) is 118 cm³/mol. The number of aryl methyl sites for hydroxylation is 1. The fourth-order valence-electron chi connectivity index (χ4n) is 4.00. The molecule has 9 nitrogen and oxygen atoms in total. The van der Waals surface area contributed by atoms with Gasteiger partial charge in [0, 0.05) is 43.4 Å². The van der Waals surface area contributed by atoms with Crippen LogP contribution in [0.1, 0.15) is 22.8 Å². The Morgan fingerprint density at radius 3 is 2.78 bits per heavy atom. The summed E-state index contributed by atoms with van der Waals surface area (Å²) in [6.07, 6.45) is 1.29.